The smallest absolute Gasteiger partial charge is 0.383 e. The first kappa shape index (κ1) is 27.9. The van der Waals surface area contributed by atoms with Crippen molar-refractivity contribution in [2.45, 2.75) is 6.18 Å². The van der Waals surface area contributed by atoms with E-state index in [1.165, 1.54) is 28.7 Å². The molecule has 4 aromatic rings. The normalized spacial score (nSPS) is 11.3. The first-order valence-electron chi connectivity index (χ1n) is 11.8. The molecule has 4 rings (SSSR count). The van der Waals surface area contributed by atoms with Gasteiger partial charge in [-0.1, -0.05) is 54.1 Å². The summed E-state index contributed by atoms with van der Waals surface area (Å²) < 4.78 is 45.9. The number of benzene rings is 3. The first-order chi connectivity index (χ1) is 18.7. The maximum atomic E-state index is 13.1. The van der Waals surface area contributed by atoms with Crippen LogP contribution < -0.4 is 5.32 Å². The van der Waals surface area contributed by atoms with E-state index in [2.05, 4.69) is 10.3 Å². The van der Waals surface area contributed by atoms with Crippen LogP contribution in [0.3, 0.4) is 0 Å². The van der Waals surface area contributed by atoms with Crippen molar-refractivity contribution in [3.05, 3.63) is 101 Å². The number of anilines is 1. The molecule has 39 heavy (non-hydrogen) atoms. The van der Waals surface area contributed by atoms with Crippen LogP contribution in [0.4, 0.5) is 19.1 Å². The molecule has 0 fully saturated rings. The summed E-state index contributed by atoms with van der Waals surface area (Å²) >= 11 is 6.19. The van der Waals surface area contributed by atoms with Crippen LogP contribution in [0.2, 0.25) is 5.02 Å². The molecule has 0 unspecified atom stereocenters. The molecule has 0 aliphatic carbocycles. The van der Waals surface area contributed by atoms with E-state index in [1.807, 2.05) is 30.3 Å². The van der Waals surface area contributed by atoms with Gasteiger partial charge in [-0.05, 0) is 36.4 Å². The Hall–Kier alpha value is -4.15. The van der Waals surface area contributed by atoms with E-state index in [-0.39, 0.29) is 36.2 Å². The third-order valence-electron chi connectivity index (χ3n) is 5.79. The topological polar surface area (TPSA) is 76.5 Å². The lowest BCUT2D eigenvalue weighted by atomic mass is 10.2. The molecule has 2 amide bonds. The number of alkyl halides is 3. The number of nitrogens with one attached hydrogen (secondary N) is 1. The van der Waals surface area contributed by atoms with Crippen LogP contribution in [0.1, 0.15) is 15.9 Å². The zero-order chi connectivity index (χ0) is 28.0. The summed E-state index contributed by atoms with van der Waals surface area (Å²) in [6, 6.07) is 20.1. The summed E-state index contributed by atoms with van der Waals surface area (Å²) in [6.45, 7) is -0.0354. The number of methoxy groups -OCH3 is 1. The molecule has 11 heteroatoms. The van der Waals surface area contributed by atoms with Crippen molar-refractivity contribution in [1.29, 1.82) is 0 Å². The molecule has 1 aromatic heterocycles. The van der Waals surface area contributed by atoms with E-state index in [1.54, 1.807) is 30.5 Å². The molecule has 3 aromatic carbocycles. The lowest BCUT2D eigenvalue weighted by Crippen LogP contribution is -2.40. The molecule has 202 valence electrons. The van der Waals surface area contributed by atoms with Crippen molar-refractivity contribution in [1.82, 2.24) is 14.5 Å². The van der Waals surface area contributed by atoms with Crippen LogP contribution >= 0.6 is 11.6 Å². The maximum absolute atomic E-state index is 13.1. The van der Waals surface area contributed by atoms with E-state index in [9.17, 15) is 22.8 Å². The van der Waals surface area contributed by atoms with E-state index in [0.29, 0.717) is 11.4 Å². The molecule has 0 aliphatic rings. The number of halogens is 4. The average molecular weight is 557 g/mol. The zero-order valence-electron chi connectivity index (χ0n) is 20.8. The zero-order valence-corrected chi connectivity index (χ0v) is 21.5. The highest BCUT2D eigenvalue weighted by Crippen LogP contribution is 2.31. The van der Waals surface area contributed by atoms with Crippen LogP contribution in [0, 0.1) is 0 Å². The van der Waals surface area contributed by atoms with Gasteiger partial charge in [0, 0.05) is 31.1 Å². The lowest BCUT2D eigenvalue weighted by Gasteiger charge is -2.22. The Labute approximate surface area is 227 Å². The van der Waals surface area contributed by atoms with Gasteiger partial charge in [-0.25, -0.2) is 4.98 Å². The van der Waals surface area contributed by atoms with Crippen LogP contribution in [0.25, 0.3) is 16.9 Å². The summed E-state index contributed by atoms with van der Waals surface area (Å²) in [7, 11) is 1.48. The minimum atomic E-state index is -4.49. The molecule has 0 spiro atoms. The number of amides is 2. The van der Waals surface area contributed by atoms with Crippen molar-refractivity contribution < 1.29 is 27.5 Å². The van der Waals surface area contributed by atoms with Gasteiger partial charge in [-0.2, -0.15) is 13.2 Å². The molecule has 0 saturated carbocycles. The second kappa shape index (κ2) is 12.1. The Kier molecular flexibility index (Phi) is 8.68. The van der Waals surface area contributed by atoms with E-state index in [4.69, 9.17) is 16.3 Å². The fourth-order valence-corrected chi connectivity index (χ4v) is 4.04. The van der Waals surface area contributed by atoms with Gasteiger partial charge in [0.1, 0.15) is 6.54 Å². The minimum absolute atomic E-state index is 0.0792. The number of carbonyl (C=O) groups excluding carboxylic acids is 2. The third-order valence-corrected chi connectivity index (χ3v) is 6.12. The first-order valence-corrected chi connectivity index (χ1v) is 12.2. The van der Waals surface area contributed by atoms with Crippen molar-refractivity contribution >= 4 is 29.4 Å². The van der Waals surface area contributed by atoms with E-state index >= 15 is 0 Å². The van der Waals surface area contributed by atoms with E-state index in [0.717, 1.165) is 17.7 Å². The Balaban J connectivity index is 1.63. The number of hydrogen-bond acceptors (Lipinski definition) is 4. The second-order valence-electron chi connectivity index (χ2n) is 8.48. The van der Waals surface area contributed by atoms with Gasteiger partial charge in [0.15, 0.2) is 0 Å². The molecule has 0 bridgehead atoms. The number of aromatic nitrogens is 2. The van der Waals surface area contributed by atoms with Gasteiger partial charge in [0.25, 0.3) is 5.91 Å². The monoisotopic (exact) mass is 556 g/mol. The van der Waals surface area contributed by atoms with Gasteiger partial charge >= 0.3 is 6.18 Å². The molecular formula is C28H24ClF3N4O3. The molecule has 0 aliphatic heterocycles. The SMILES string of the molecule is COCCN(CC(=O)Nc1nc(-c2ccccc2)cn1-c1ccc(C(F)(F)F)cc1)C(=O)c1ccccc1Cl. The largest absolute Gasteiger partial charge is 0.416 e. The number of ether oxygens (including phenoxy) is 1. The fraction of sp³-hybridized carbons (Fsp3) is 0.179. The number of hydrogen-bond donors (Lipinski definition) is 1. The van der Waals surface area contributed by atoms with Crippen molar-refractivity contribution in [3.8, 4) is 16.9 Å². The van der Waals surface area contributed by atoms with Crippen LogP contribution in [0.15, 0.2) is 85.1 Å². The third kappa shape index (κ3) is 6.84. The quantitative estimate of drug-likeness (QED) is 0.277. The minimum Gasteiger partial charge on any atom is -0.383 e. The average Bonchev–Trinajstić information content (AvgIpc) is 3.34. The Bertz CT molecular complexity index is 1440. The van der Waals surface area contributed by atoms with Gasteiger partial charge < -0.3 is 9.64 Å². The summed E-state index contributed by atoms with van der Waals surface area (Å²) in [6.07, 6.45) is -2.87. The van der Waals surface area contributed by atoms with Crippen molar-refractivity contribution in [2.24, 2.45) is 0 Å². The van der Waals surface area contributed by atoms with Crippen LogP contribution in [-0.2, 0) is 15.7 Å². The number of rotatable bonds is 9. The summed E-state index contributed by atoms with van der Waals surface area (Å²) in [5, 5.41) is 2.94. The highest BCUT2D eigenvalue weighted by molar-refractivity contribution is 6.33. The van der Waals surface area contributed by atoms with Gasteiger partial charge in [0.2, 0.25) is 11.9 Å². The van der Waals surface area contributed by atoms with Gasteiger partial charge in [0.05, 0.1) is 28.5 Å². The molecule has 7 nitrogen and oxygen atoms in total. The summed E-state index contributed by atoms with van der Waals surface area (Å²) in [5.41, 5.74) is 1.03. The Morgan fingerprint density at radius 2 is 1.67 bits per heavy atom. The highest BCUT2D eigenvalue weighted by Gasteiger charge is 2.30. The molecule has 0 radical (unpaired) electrons. The van der Waals surface area contributed by atoms with Gasteiger partial charge in [-0.15, -0.1) is 0 Å². The van der Waals surface area contributed by atoms with Crippen LogP contribution in [0.5, 0.6) is 0 Å². The van der Waals surface area contributed by atoms with Crippen molar-refractivity contribution in [3.63, 3.8) is 0 Å². The maximum Gasteiger partial charge on any atom is 0.416 e. The van der Waals surface area contributed by atoms with Gasteiger partial charge in [-0.3, -0.25) is 19.5 Å². The molecule has 1 heterocycles. The Morgan fingerprint density at radius 1 is 1.00 bits per heavy atom. The number of carbonyl (C=O) groups is 2. The summed E-state index contributed by atoms with van der Waals surface area (Å²) in [5.74, 6) is -0.941. The Morgan fingerprint density at radius 3 is 2.31 bits per heavy atom. The molecule has 0 saturated heterocycles. The van der Waals surface area contributed by atoms with E-state index < -0.39 is 23.6 Å². The predicted octanol–water partition coefficient (Wildman–Crippen LogP) is 5.94. The predicted molar refractivity (Wildman–Crippen MR) is 142 cm³/mol. The lowest BCUT2D eigenvalue weighted by molar-refractivity contribution is -0.137. The standard InChI is InChI=1S/C28H24ClF3N4O3/c1-39-16-15-35(26(38)22-9-5-6-10-23(22)29)18-25(37)34-27-33-24(19-7-3-2-4-8-19)17-36(27)21-13-11-20(12-14-21)28(30,31)32/h2-14,17H,15-16,18H2,1H3,(H,33,34,37). The molecule has 1 N–H and O–H groups in total. The number of nitrogens with zero attached hydrogens (tertiary/aromatic N) is 3. The molecular weight excluding hydrogens is 533 g/mol. The fourth-order valence-electron chi connectivity index (χ4n) is 3.82. The summed E-state index contributed by atoms with van der Waals surface area (Å²) in [4.78, 5) is 32.1. The molecule has 0 atom stereocenters. The second-order valence-corrected chi connectivity index (χ2v) is 8.89. The number of imidazole rings is 1. The highest BCUT2D eigenvalue weighted by atomic mass is 35.5. The van der Waals surface area contributed by atoms with Crippen LogP contribution in [-0.4, -0.2) is 53.1 Å². The van der Waals surface area contributed by atoms with Crippen molar-refractivity contribution in [2.75, 3.05) is 32.1 Å².